The summed E-state index contributed by atoms with van der Waals surface area (Å²) in [6.07, 6.45) is 0.615. The van der Waals surface area contributed by atoms with E-state index in [4.69, 9.17) is 16.3 Å². The number of nitrogens with zero attached hydrogens (tertiary/aromatic N) is 1. The molecule has 1 unspecified atom stereocenters. The predicted molar refractivity (Wildman–Crippen MR) is 108 cm³/mol. The lowest BCUT2D eigenvalue weighted by Gasteiger charge is -2.25. The number of ether oxygens (including phenoxy) is 1. The maximum absolute atomic E-state index is 13.4. The van der Waals surface area contributed by atoms with Crippen LogP contribution in [0.3, 0.4) is 0 Å². The summed E-state index contributed by atoms with van der Waals surface area (Å²) in [6.45, 7) is 3.98. The van der Waals surface area contributed by atoms with Gasteiger partial charge in [0.15, 0.2) is 0 Å². The van der Waals surface area contributed by atoms with Crippen molar-refractivity contribution in [2.45, 2.75) is 26.3 Å². The van der Waals surface area contributed by atoms with E-state index in [9.17, 15) is 19.1 Å². The van der Waals surface area contributed by atoms with Crippen molar-refractivity contribution in [1.29, 1.82) is 0 Å². The third-order valence-electron chi connectivity index (χ3n) is 4.84. The van der Waals surface area contributed by atoms with Crippen LogP contribution in [0.15, 0.2) is 42.0 Å². The standard InChI is InChI=1S/C22H21ClFNO4/c1-4-9-25-18(13-5-7-14(24)8-6-13)17(20(27)22(25)28)19(26)15-10-12(2)11-16(23)21(15)29-3/h5-8,10-11,18,26H,4,9H2,1-3H3/b19-17+. The number of hydrogen-bond donors (Lipinski definition) is 1. The second kappa shape index (κ2) is 8.25. The second-order valence-electron chi connectivity index (χ2n) is 6.87. The van der Waals surface area contributed by atoms with Gasteiger partial charge in [0.1, 0.15) is 17.3 Å². The Bertz CT molecular complexity index is 1000. The highest BCUT2D eigenvalue weighted by Crippen LogP contribution is 2.42. The number of ketones is 1. The Hall–Kier alpha value is -2.86. The van der Waals surface area contributed by atoms with E-state index in [-0.39, 0.29) is 27.7 Å². The zero-order valence-electron chi connectivity index (χ0n) is 16.3. The topological polar surface area (TPSA) is 66.8 Å². The number of methoxy groups -OCH3 is 1. The molecule has 1 heterocycles. The predicted octanol–water partition coefficient (Wildman–Crippen LogP) is 4.63. The number of Topliss-reactive ketones (excluding diaryl/α,β-unsaturated/α-hetero) is 1. The Morgan fingerprint density at radius 2 is 1.90 bits per heavy atom. The van der Waals surface area contributed by atoms with Gasteiger partial charge in [0.05, 0.1) is 29.3 Å². The summed E-state index contributed by atoms with van der Waals surface area (Å²) in [4.78, 5) is 26.9. The van der Waals surface area contributed by atoms with Gasteiger partial charge in [0.25, 0.3) is 11.7 Å². The first-order valence-electron chi connectivity index (χ1n) is 9.18. The second-order valence-corrected chi connectivity index (χ2v) is 7.28. The number of rotatable bonds is 5. The van der Waals surface area contributed by atoms with Gasteiger partial charge < -0.3 is 14.7 Å². The van der Waals surface area contributed by atoms with E-state index in [1.54, 1.807) is 19.1 Å². The molecule has 1 aliphatic rings. The molecule has 1 aliphatic heterocycles. The van der Waals surface area contributed by atoms with E-state index in [2.05, 4.69) is 0 Å². The summed E-state index contributed by atoms with van der Waals surface area (Å²) >= 11 is 6.24. The van der Waals surface area contributed by atoms with Crippen molar-refractivity contribution < 1.29 is 23.8 Å². The van der Waals surface area contributed by atoms with Gasteiger partial charge in [0, 0.05) is 6.54 Å². The zero-order valence-corrected chi connectivity index (χ0v) is 17.1. The minimum atomic E-state index is -0.834. The minimum Gasteiger partial charge on any atom is -0.507 e. The Morgan fingerprint density at radius 1 is 1.24 bits per heavy atom. The van der Waals surface area contributed by atoms with Crippen LogP contribution in [0.4, 0.5) is 4.39 Å². The van der Waals surface area contributed by atoms with Gasteiger partial charge in [-0.15, -0.1) is 0 Å². The van der Waals surface area contributed by atoms with Gasteiger partial charge in [-0.25, -0.2) is 4.39 Å². The van der Waals surface area contributed by atoms with Crippen LogP contribution >= 0.6 is 11.6 Å². The number of benzene rings is 2. The highest BCUT2D eigenvalue weighted by atomic mass is 35.5. The van der Waals surface area contributed by atoms with Crippen molar-refractivity contribution in [1.82, 2.24) is 4.90 Å². The molecule has 0 radical (unpaired) electrons. The van der Waals surface area contributed by atoms with E-state index in [1.807, 2.05) is 6.92 Å². The third kappa shape index (κ3) is 3.72. The molecule has 1 atom stereocenters. The van der Waals surface area contributed by atoms with E-state index >= 15 is 0 Å². The van der Waals surface area contributed by atoms with E-state index < -0.39 is 23.5 Å². The average Bonchev–Trinajstić information content (AvgIpc) is 2.93. The summed E-state index contributed by atoms with van der Waals surface area (Å²) in [6, 6.07) is 7.99. The van der Waals surface area contributed by atoms with E-state index in [1.165, 1.54) is 36.3 Å². The lowest BCUT2D eigenvalue weighted by atomic mass is 9.94. The number of aliphatic hydroxyl groups excluding tert-OH is 1. The number of carbonyl (C=O) groups is 2. The number of carbonyl (C=O) groups excluding carboxylic acids is 2. The average molecular weight is 418 g/mol. The van der Waals surface area contributed by atoms with Crippen molar-refractivity contribution in [3.63, 3.8) is 0 Å². The molecule has 3 rings (SSSR count). The van der Waals surface area contributed by atoms with Crippen molar-refractivity contribution in [2.75, 3.05) is 13.7 Å². The van der Waals surface area contributed by atoms with Crippen LogP contribution < -0.4 is 4.74 Å². The fourth-order valence-corrected chi connectivity index (χ4v) is 3.95. The Kier molecular flexibility index (Phi) is 5.94. The minimum absolute atomic E-state index is 0.0741. The van der Waals surface area contributed by atoms with Gasteiger partial charge in [0.2, 0.25) is 0 Å². The fraction of sp³-hybridized carbons (Fsp3) is 0.273. The van der Waals surface area contributed by atoms with Gasteiger partial charge >= 0.3 is 0 Å². The number of amides is 1. The summed E-state index contributed by atoms with van der Waals surface area (Å²) in [7, 11) is 1.40. The molecule has 29 heavy (non-hydrogen) atoms. The van der Waals surface area contributed by atoms with Crippen LogP contribution in [0, 0.1) is 12.7 Å². The normalized spacial score (nSPS) is 18.4. The molecule has 7 heteroatoms. The van der Waals surface area contributed by atoms with Crippen LogP contribution in [0.1, 0.15) is 36.1 Å². The molecule has 2 aromatic rings. The molecule has 0 aliphatic carbocycles. The SMILES string of the molecule is CCCN1C(=O)C(=O)/C(=C(/O)c2cc(C)cc(Cl)c2OC)C1c1ccc(F)cc1. The lowest BCUT2D eigenvalue weighted by Crippen LogP contribution is -2.30. The maximum Gasteiger partial charge on any atom is 0.295 e. The monoisotopic (exact) mass is 417 g/mol. The molecule has 1 fully saturated rings. The largest absolute Gasteiger partial charge is 0.507 e. The van der Waals surface area contributed by atoms with Gasteiger partial charge in [-0.3, -0.25) is 9.59 Å². The van der Waals surface area contributed by atoms with Gasteiger partial charge in [-0.05, 0) is 48.7 Å². The molecular formula is C22H21ClFNO4. The highest BCUT2D eigenvalue weighted by molar-refractivity contribution is 6.46. The number of aryl methyl sites for hydroxylation is 1. The molecule has 2 aromatic carbocycles. The lowest BCUT2D eigenvalue weighted by molar-refractivity contribution is -0.139. The van der Waals surface area contributed by atoms with Crippen LogP contribution in [0.5, 0.6) is 5.75 Å². The molecule has 0 saturated carbocycles. The molecule has 1 N–H and O–H groups in total. The van der Waals surface area contributed by atoms with Gasteiger partial charge in [-0.1, -0.05) is 30.7 Å². The summed E-state index contributed by atoms with van der Waals surface area (Å²) in [5.74, 6) is -2.12. The first kappa shape index (κ1) is 20.9. The van der Waals surface area contributed by atoms with Crippen molar-refractivity contribution in [3.8, 4) is 5.75 Å². The van der Waals surface area contributed by atoms with Crippen LogP contribution in [0.2, 0.25) is 5.02 Å². The zero-order chi connectivity index (χ0) is 21.3. The van der Waals surface area contributed by atoms with Crippen molar-refractivity contribution in [3.05, 3.63) is 69.5 Å². The Morgan fingerprint density at radius 3 is 2.48 bits per heavy atom. The Labute approximate surface area is 173 Å². The smallest absolute Gasteiger partial charge is 0.295 e. The third-order valence-corrected chi connectivity index (χ3v) is 5.12. The number of hydrogen-bond acceptors (Lipinski definition) is 4. The molecule has 1 amide bonds. The Balaban J connectivity index is 2.27. The number of likely N-dealkylation sites (tertiary alicyclic amines) is 1. The fourth-order valence-electron chi connectivity index (χ4n) is 3.60. The summed E-state index contributed by atoms with van der Waals surface area (Å²) < 4.78 is 18.8. The van der Waals surface area contributed by atoms with E-state index in [0.29, 0.717) is 18.5 Å². The maximum atomic E-state index is 13.4. The molecule has 0 spiro atoms. The quantitative estimate of drug-likeness (QED) is 0.437. The van der Waals surface area contributed by atoms with Crippen LogP contribution in [-0.4, -0.2) is 35.4 Å². The molecule has 5 nitrogen and oxygen atoms in total. The summed E-state index contributed by atoms with van der Waals surface area (Å²) in [5, 5.41) is 11.4. The van der Waals surface area contributed by atoms with Crippen LogP contribution in [0.25, 0.3) is 5.76 Å². The summed E-state index contributed by atoms with van der Waals surface area (Å²) in [5.41, 5.74) is 1.42. The number of halogens is 2. The first-order valence-corrected chi connectivity index (χ1v) is 9.56. The molecular weight excluding hydrogens is 397 g/mol. The van der Waals surface area contributed by atoms with Crippen molar-refractivity contribution in [2.24, 2.45) is 0 Å². The van der Waals surface area contributed by atoms with Crippen LogP contribution in [-0.2, 0) is 9.59 Å². The molecule has 152 valence electrons. The molecule has 0 aromatic heterocycles. The molecule has 1 saturated heterocycles. The van der Waals surface area contributed by atoms with E-state index in [0.717, 1.165) is 5.56 Å². The number of aliphatic hydroxyl groups is 1. The van der Waals surface area contributed by atoms with Gasteiger partial charge in [-0.2, -0.15) is 0 Å². The highest BCUT2D eigenvalue weighted by Gasteiger charge is 2.46. The first-order chi connectivity index (χ1) is 13.8. The molecule has 0 bridgehead atoms. The van der Waals surface area contributed by atoms with Crippen molar-refractivity contribution >= 4 is 29.1 Å².